The highest BCUT2D eigenvalue weighted by molar-refractivity contribution is 5.74. The molecule has 2 fully saturated rings. The lowest BCUT2D eigenvalue weighted by molar-refractivity contribution is -0.130. The van der Waals surface area contributed by atoms with E-state index >= 15 is 0 Å². The van der Waals surface area contributed by atoms with Gasteiger partial charge in [-0.05, 0) is 44.4 Å². The number of carbonyl (C=O) groups is 1. The van der Waals surface area contributed by atoms with Crippen LogP contribution >= 0.6 is 0 Å². The Morgan fingerprint density at radius 2 is 2.12 bits per heavy atom. The van der Waals surface area contributed by atoms with E-state index in [9.17, 15) is 4.79 Å². The highest BCUT2D eigenvalue weighted by Crippen LogP contribution is 2.31. The Labute approximate surface area is 147 Å². The third-order valence-corrected chi connectivity index (χ3v) is 5.29. The van der Waals surface area contributed by atoms with Crippen molar-refractivity contribution >= 4 is 5.91 Å². The first-order valence-corrected chi connectivity index (χ1v) is 8.96. The van der Waals surface area contributed by atoms with Crippen LogP contribution in [-0.4, -0.2) is 56.0 Å². The first-order valence-electron chi connectivity index (χ1n) is 8.96. The van der Waals surface area contributed by atoms with Gasteiger partial charge >= 0.3 is 0 Å². The molecule has 0 aromatic carbocycles. The molecule has 0 aliphatic carbocycles. The number of amides is 1. The van der Waals surface area contributed by atoms with Crippen LogP contribution in [0.5, 0.6) is 0 Å². The maximum Gasteiger partial charge on any atom is 0.241 e. The Hall–Kier alpha value is -2.28. The minimum atomic E-state index is 0.186. The van der Waals surface area contributed by atoms with Crippen LogP contribution < -0.4 is 0 Å². The Morgan fingerprint density at radius 3 is 2.92 bits per heavy atom. The van der Waals surface area contributed by atoms with Crippen LogP contribution in [0, 0.1) is 0 Å². The molecular weight excluding hydrogens is 318 g/mol. The van der Waals surface area contributed by atoms with Crippen molar-refractivity contribution in [3.63, 3.8) is 0 Å². The standard InChI is InChI=1S/C18H23N5O2/c1-13(24)23-10-4-7-16(23)15-6-3-9-22(15)12-17-20-18(21-25-17)14-5-2-8-19-11-14/h2,5,8,11,15-16H,3-4,6-7,9-10,12H2,1H3/t15-,16-/m1/s1. The summed E-state index contributed by atoms with van der Waals surface area (Å²) >= 11 is 0. The van der Waals surface area contributed by atoms with Crippen LogP contribution in [0.3, 0.4) is 0 Å². The lowest BCUT2D eigenvalue weighted by atomic mass is 10.0. The molecule has 132 valence electrons. The van der Waals surface area contributed by atoms with E-state index in [1.54, 1.807) is 19.3 Å². The molecule has 0 bridgehead atoms. The molecule has 7 nitrogen and oxygen atoms in total. The molecule has 2 aromatic rings. The van der Waals surface area contributed by atoms with Crippen molar-refractivity contribution in [1.82, 2.24) is 24.9 Å². The Kier molecular flexibility index (Phi) is 4.48. The number of likely N-dealkylation sites (tertiary alicyclic amines) is 2. The van der Waals surface area contributed by atoms with Crippen molar-refractivity contribution in [2.75, 3.05) is 13.1 Å². The summed E-state index contributed by atoms with van der Waals surface area (Å²) in [6.45, 7) is 4.21. The molecule has 0 unspecified atom stereocenters. The first-order chi connectivity index (χ1) is 12.2. The van der Waals surface area contributed by atoms with Gasteiger partial charge in [0.2, 0.25) is 17.6 Å². The molecule has 4 heterocycles. The highest BCUT2D eigenvalue weighted by Gasteiger charge is 2.39. The Balaban J connectivity index is 1.47. The molecule has 25 heavy (non-hydrogen) atoms. The van der Waals surface area contributed by atoms with Gasteiger partial charge < -0.3 is 9.42 Å². The summed E-state index contributed by atoms with van der Waals surface area (Å²) in [5.41, 5.74) is 0.856. The Bertz CT molecular complexity index is 732. The molecule has 0 spiro atoms. The van der Waals surface area contributed by atoms with Crippen LogP contribution in [0.1, 0.15) is 38.5 Å². The minimum Gasteiger partial charge on any atom is -0.338 e. The quantitative estimate of drug-likeness (QED) is 0.848. The van der Waals surface area contributed by atoms with Crippen LogP contribution in [0.25, 0.3) is 11.4 Å². The molecular formula is C18H23N5O2. The zero-order valence-electron chi connectivity index (χ0n) is 14.5. The summed E-state index contributed by atoms with van der Waals surface area (Å²) in [5.74, 6) is 1.38. The monoisotopic (exact) mass is 341 g/mol. The van der Waals surface area contributed by atoms with E-state index in [0.717, 1.165) is 44.3 Å². The maximum atomic E-state index is 11.9. The van der Waals surface area contributed by atoms with Crippen LogP contribution in [0.2, 0.25) is 0 Å². The van der Waals surface area contributed by atoms with Gasteiger partial charge in [-0.3, -0.25) is 14.7 Å². The molecule has 0 saturated carbocycles. The third kappa shape index (κ3) is 3.28. The average Bonchev–Trinajstić information content (AvgIpc) is 3.36. The fourth-order valence-corrected chi connectivity index (χ4v) is 4.17. The van der Waals surface area contributed by atoms with Crippen molar-refractivity contribution in [1.29, 1.82) is 0 Å². The molecule has 7 heteroatoms. The van der Waals surface area contributed by atoms with Gasteiger partial charge in [-0.25, -0.2) is 0 Å². The average molecular weight is 341 g/mol. The SMILES string of the molecule is CC(=O)N1CCC[C@@H]1[C@H]1CCCN1Cc1nc(-c2cccnc2)no1. The first kappa shape index (κ1) is 16.2. The molecule has 2 aromatic heterocycles. The topological polar surface area (TPSA) is 75.4 Å². The van der Waals surface area contributed by atoms with Crippen molar-refractivity contribution in [3.05, 3.63) is 30.4 Å². The normalized spacial score (nSPS) is 24.1. The van der Waals surface area contributed by atoms with Gasteiger partial charge in [0.15, 0.2) is 0 Å². The van der Waals surface area contributed by atoms with Gasteiger partial charge in [-0.2, -0.15) is 4.98 Å². The van der Waals surface area contributed by atoms with Gasteiger partial charge in [-0.15, -0.1) is 0 Å². The summed E-state index contributed by atoms with van der Waals surface area (Å²) < 4.78 is 5.46. The molecule has 0 radical (unpaired) electrons. The number of hydrogen-bond acceptors (Lipinski definition) is 6. The van der Waals surface area contributed by atoms with E-state index in [1.165, 1.54) is 0 Å². The van der Waals surface area contributed by atoms with E-state index in [2.05, 4.69) is 20.0 Å². The zero-order chi connectivity index (χ0) is 17.2. The van der Waals surface area contributed by atoms with Crippen molar-refractivity contribution in [2.45, 2.75) is 51.2 Å². The highest BCUT2D eigenvalue weighted by atomic mass is 16.5. The minimum absolute atomic E-state index is 0.186. The van der Waals surface area contributed by atoms with Crippen LogP contribution in [0.15, 0.2) is 29.0 Å². The molecule has 2 atom stereocenters. The second kappa shape index (κ2) is 6.92. The van der Waals surface area contributed by atoms with Gasteiger partial charge in [0.05, 0.1) is 6.54 Å². The summed E-state index contributed by atoms with van der Waals surface area (Å²) in [6.07, 6.45) is 7.92. The van der Waals surface area contributed by atoms with E-state index in [-0.39, 0.29) is 5.91 Å². The summed E-state index contributed by atoms with van der Waals surface area (Å²) in [6, 6.07) is 4.49. The predicted octanol–water partition coefficient (Wildman–Crippen LogP) is 2.11. The number of aromatic nitrogens is 3. The summed E-state index contributed by atoms with van der Waals surface area (Å²) in [7, 11) is 0. The molecule has 0 N–H and O–H groups in total. The summed E-state index contributed by atoms with van der Waals surface area (Å²) in [4.78, 5) is 24.9. The number of nitrogens with zero attached hydrogens (tertiary/aromatic N) is 5. The fraction of sp³-hybridized carbons (Fsp3) is 0.556. The van der Waals surface area contributed by atoms with Gasteiger partial charge in [0.1, 0.15) is 0 Å². The largest absolute Gasteiger partial charge is 0.338 e. The zero-order valence-corrected chi connectivity index (χ0v) is 14.5. The second-order valence-corrected chi connectivity index (χ2v) is 6.86. The number of carbonyl (C=O) groups excluding carboxylic acids is 1. The number of pyridine rings is 1. The van der Waals surface area contributed by atoms with Gasteiger partial charge in [0, 0.05) is 43.5 Å². The predicted molar refractivity (Wildman–Crippen MR) is 91.4 cm³/mol. The lowest BCUT2D eigenvalue weighted by Gasteiger charge is -2.33. The third-order valence-electron chi connectivity index (χ3n) is 5.29. The molecule has 2 saturated heterocycles. The van der Waals surface area contributed by atoms with E-state index in [4.69, 9.17) is 4.52 Å². The maximum absolute atomic E-state index is 11.9. The smallest absolute Gasteiger partial charge is 0.241 e. The number of hydrogen-bond donors (Lipinski definition) is 0. The second-order valence-electron chi connectivity index (χ2n) is 6.86. The van der Waals surface area contributed by atoms with E-state index < -0.39 is 0 Å². The lowest BCUT2D eigenvalue weighted by Crippen LogP contribution is -2.47. The molecule has 4 rings (SSSR count). The van der Waals surface area contributed by atoms with Crippen molar-refractivity contribution in [2.24, 2.45) is 0 Å². The van der Waals surface area contributed by atoms with E-state index in [1.807, 2.05) is 17.0 Å². The molecule has 2 aliphatic rings. The van der Waals surface area contributed by atoms with Crippen LogP contribution in [0.4, 0.5) is 0 Å². The summed E-state index contributed by atoms with van der Waals surface area (Å²) in [5, 5.41) is 4.08. The van der Waals surface area contributed by atoms with Gasteiger partial charge in [-0.1, -0.05) is 5.16 Å². The van der Waals surface area contributed by atoms with Crippen molar-refractivity contribution < 1.29 is 9.32 Å². The number of rotatable bonds is 4. The fourth-order valence-electron chi connectivity index (χ4n) is 4.17. The Morgan fingerprint density at radius 1 is 1.28 bits per heavy atom. The van der Waals surface area contributed by atoms with E-state index in [0.29, 0.717) is 30.3 Å². The van der Waals surface area contributed by atoms with Gasteiger partial charge in [0.25, 0.3) is 0 Å². The molecule has 1 amide bonds. The van der Waals surface area contributed by atoms with Crippen LogP contribution in [-0.2, 0) is 11.3 Å². The van der Waals surface area contributed by atoms with Crippen molar-refractivity contribution in [3.8, 4) is 11.4 Å². The molecule has 2 aliphatic heterocycles.